The Morgan fingerprint density at radius 3 is 2.31 bits per heavy atom. The van der Waals surface area contributed by atoms with Crippen molar-refractivity contribution < 1.29 is 9.72 Å². The van der Waals surface area contributed by atoms with Crippen LogP contribution in [0.1, 0.15) is 32.9 Å². The van der Waals surface area contributed by atoms with E-state index in [1.165, 1.54) is 5.56 Å². The van der Waals surface area contributed by atoms with E-state index < -0.39 is 4.92 Å². The number of carbonyl (C=O) groups excluding carboxylic acids is 1. The van der Waals surface area contributed by atoms with Crippen LogP contribution in [-0.2, 0) is 13.1 Å². The minimum Gasteiger partial charge on any atom is -0.336 e. The van der Waals surface area contributed by atoms with Crippen molar-refractivity contribution in [2.45, 2.75) is 26.9 Å². The quantitative estimate of drug-likeness (QED) is 0.439. The lowest BCUT2D eigenvalue weighted by Gasteiger charge is -2.34. The summed E-state index contributed by atoms with van der Waals surface area (Å²) in [5.74, 6) is 0.0190. The van der Waals surface area contributed by atoms with Crippen LogP contribution in [0.3, 0.4) is 0 Å². The molecule has 0 N–H and O–H groups in total. The molecular weight excluding hydrogens is 406 g/mol. The highest BCUT2D eigenvalue weighted by Gasteiger charge is 2.24. The fourth-order valence-electron chi connectivity index (χ4n) is 4.21. The van der Waals surface area contributed by atoms with Crippen LogP contribution < -0.4 is 0 Å². The molecule has 1 fully saturated rings. The van der Waals surface area contributed by atoms with Crippen molar-refractivity contribution in [1.29, 1.82) is 0 Å². The number of piperazine rings is 1. The van der Waals surface area contributed by atoms with Crippen molar-refractivity contribution >= 4 is 11.6 Å². The molecular formula is C24H27N5O3. The molecule has 0 saturated carbocycles. The van der Waals surface area contributed by atoms with E-state index in [4.69, 9.17) is 0 Å². The fourth-order valence-corrected chi connectivity index (χ4v) is 4.21. The van der Waals surface area contributed by atoms with Gasteiger partial charge >= 0.3 is 5.69 Å². The molecule has 3 aromatic rings. The molecule has 0 spiro atoms. The average Bonchev–Trinajstić information content (AvgIpc) is 3.07. The molecule has 0 aliphatic carbocycles. The lowest BCUT2D eigenvalue weighted by molar-refractivity contribution is -0.386. The van der Waals surface area contributed by atoms with Gasteiger partial charge in [-0.1, -0.05) is 42.5 Å². The second-order valence-corrected chi connectivity index (χ2v) is 8.19. The molecule has 8 heteroatoms. The monoisotopic (exact) mass is 433 g/mol. The van der Waals surface area contributed by atoms with E-state index in [1.54, 1.807) is 18.5 Å². The van der Waals surface area contributed by atoms with Crippen LogP contribution in [0.5, 0.6) is 0 Å². The number of aromatic nitrogens is 2. The maximum atomic E-state index is 13.1. The van der Waals surface area contributed by atoms with Crippen LogP contribution in [0.25, 0.3) is 0 Å². The van der Waals surface area contributed by atoms with Gasteiger partial charge in [0.25, 0.3) is 5.91 Å². The molecule has 32 heavy (non-hydrogen) atoms. The molecule has 0 atom stereocenters. The fraction of sp³-hybridized carbons (Fsp3) is 0.333. The van der Waals surface area contributed by atoms with Crippen LogP contribution in [-0.4, -0.2) is 56.6 Å². The van der Waals surface area contributed by atoms with E-state index >= 15 is 0 Å². The first-order chi connectivity index (χ1) is 15.4. The molecule has 2 aromatic carbocycles. The molecule has 0 bridgehead atoms. The highest BCUT2D eigenvalue weighted by Crippen LogP contribution is 2.23. The Kier molecular flexibility index (Phi) is 6.32. The van der Waals surface area contributed by atoms with Crippen molar-refractivity contribution in [3.05, 3.63) is 92.8 Å². The van der Waals surface area contributed by atoms with Crippen molar-refractivity contribution in [3.63, 3.8) is 0 Å². The number of amides is 1. The Bertz CT molecular complexity index is 1120. The molecule has 1 aromatic heterocycles. The molecule has 1 aliphatic rings. The Morgan fingerprint density at radius 1 is 0.969 bits per heavy atom. The molecule has 4 rings (SSSR count). The Morgan fingerprint density at radius 2 is 1.66 bits per heavy atom. The van der Waals surface area contributed by atoms with E-state index in [-0.39, 0.29) is 11.6 Å². The number of hydrogen-bond donors (Lipinski definition) is 0. The van der Waals surface area contributed by atoms with Gasteiger partial charge < -0.3 is 4.90 Å². The number of rotatable bonds is 6. The molecule has 0 radical (unpaired) electrons. The minimum atomic E-state index is -0.397. The summed E-state index contributed by atoms with van der Waals surface area (Å²) in [6, 6.07) is 17.8. The van der Waals surface area contributed by atoms with Crippen LogP contribution in [0, 0.1) is 24.0 Å². The summed E-state index contributed by atoms with van der Waals surface area (Å²) < 4.78 is 1.62. The summed E-state index contributed by atoms with van der Waals surface area (Å²) in [6.07, 6.45) is 0. The number of hydrogen-bond acceptors (Lipinski definition) is 5. The smallest absolute Gasteiger partial charge is 0.312 e. The van der Waals surface area contributed by atoms with Crippen molar-refractivity contribution in [2.24, 2.45) is 0 Å². The third-order valence-corrected chi connectivity index (χ3v) is 5.94. The molecule has 8 nitrogen and oxygen atoms in total. The van der Waals surface area contributed by atoms with E-state index in [1.807, 2.05) is 47.4 Å². The molecule has 1 aliphatic heterocycles. The first-order valence-electron chi connectivity index (χ1n) is 10.8. The van der Waals surface area contributed by atoms with Gasteiger partial charge in [-0.15, -0.1) is 0 Å². The van der Waals surface area contributed by atoms with Crippen molar-refractivity contribution in [1.82, 2.24) is 19.6 Å². The third-order valence-electron chi connectivity index (χ3n) is 5.94. The normalized spacial score (nSPS) is 14.5. The SMILES string of the molecule is Cc1nn(Cc2cccc(C(=O)N3CCN(Cc4ccccc4)CC3)c2)c(C)c1[N+](=O)[O-]. The van der Waals surface area contributed by atoms with E-state index in [9.17, 15) is 14.9 Å². The van der Waals surface area contributed by atoms with E-state index in [0.29, 0.717) is 36.6 Å². The molecule has 2 heterocycles. The predicted octanol–water partition coefficient (Wildman–Crippen LogP) is 3.41. The topological polar surface area (TPSA) is 84.5 Å². The van der Waals surface area contributed by atoms with Crippen LogP contribution in [0.2, 0.25) is 0 Å². The van der Waals surface area contributed by atoms with Gasteiger partial charge in [-0.05, 0) is 37.1 Å². The van der Waals surface area contributed by atoms with Crippen molar-refractivity contribution in [3.8, 4) is 0 Å². The first-order valence-corrected chi connectivity index (χ1v) is 10.8. The second-order valence-electron chi connectivity index (χ2n) is 8.19. The standard InChI is InChI=1S/C24H27N5O3/c1-18-23(29(31)32)19(2)28(25-18)17-21-9-6-10-22(15-21)24(30)27-13-11-26(12-14-27)16-20-7-4-3-5-8-20/h3-10,15H,11-14,16-17H2,1-2H3. The third kappa shape index (κ3) is 4.70. The average molecular weight is 434 g/mol. The van der Waals surface area contributed by atoms with Gasteiger partial charge in [0, 0.05) is 38.3 Å². The summed E-state index contributed by atoms with van der Waals surface area (Å²) in [6.45, 7) is 7.69. The van der Waals surface area contributed by atoms with Gasteiger partial charge in [-0.3, -0.25) is 24.5 Å². The van der Waals surface area contributed by atoms with E-state index in [0.717, 1.165) is 25.2 Å². The molecule has 166 valence electrons. The highest BCUT2D eigenvalue weighted by molar-refractivity contribution is 5.94. The summed E-state index contributed by atoms with van der Waals surface area (Å²) >= 11 is 0. The van der Waals surface area contributed by atoms with Crippen LogP contribution >= 0.6 is 0 Å². The molecule has 1 amide bonds. The van der Waals surface area contributed by atoms with Gasteiger partial charge in [0.1, 0.15) is 11.4 Å². The summed E-state index contributed by atoms with van der Waals surface area (Å²) in [5.41, 5.74) is 3.76. The summed E-state index contributed by atoms with van der Waals surface area (Å²) in [7, 11) is 0. The van der Waals surface area contributed by atoms with Crippen molar-refractivity contribution in [2.75, 3.05) is 26.2 Å². The number of carbonyl (C=O) groups is 1. The van der Waals surface area contributed by atoms with Gasteiger partial charge in [0.2, 0.25) is 0 Å². The van der Waals surface area contributed by atoms with Gasteiger partial charge in [0.15, 0.2) is 0 Å². The lowest BCUT2D eigenvalue weighted by atomic mass is 10.1. The number of nitrogens with zero attached hydrogens (tertiary/aromatic N) is 5. The van der Waals surface area contributed by atoms with Gasteiger partial charge in [-0.2, -0.15) is 5.10 Å². The largest absolute Gasteiger partial charge is 0.336 e. The number of benzene rings is 2. The maximum Gasteiger partial charge on any atom is 0.312 e. The zero-order chi connectivity index (χ0) is 22.7. The molecule has 0 unspecified atom stereocenters. The Balaban J connectivity index is 1.40. The van der Waals surface area contributed by atoms with E-state index in [2.05, 4.69) is 22.1 Å². The zero-order valence-corrected chi connectivity index (χ0v) is 18.4. The van der Waals surface area contributed by atoms with Gasteiger partial charge in [0.05, 0.1) is 11.5 Å². The predicted molar refractivity (Wildman–Crippen MR) is 122 cm³/mol. The number of nitro groups is 1. The highest BCUT2D eigenvalue weighted by atomic mass is 16.6. The van der Waals surface area contributed by atoms with Gasteiger partial charge in [-0.25, -0.2) is 0 Å². The Hall–Kier alpha value is -3.52. The minimum absolute atomic E-state index is 0.0190. The maximum absolute atomic E-state index is 13.1. The van der Waals surface area contributed by atoms with Crippen LogP contribution in [0.4, 0.5) is 5.69 Å². The number of aryl methyl sites for hydroxylation is 1. The second kappa shape index (κ2) is 9.32. The first kappa shape index (κ1) is 21.7. The Labute approximate surface area is 187 Å². The zero-order valence-electron chi connectivity index (χ0n) is 18.4. The molecule has 1 saturated heterocycles. The lowest BCUT2D eigenvalue weighted by Crippen LogP contribution is -2.48. The summed E-state index contributed by atoms with van der Waals surface area (Å²) in [4.78, 5) is 28.2. The summed E-state index contributed by atoms with van der Waals surface area (Å²) in [5, 5.41) is 15.6. The van der Waals surface area contributed by atoms with Crippen LogP contribution in [0.15, 0.2) is 54.6 Å².